The first-order valence-corrected chi connectivity index (χ1v) is 9.09. The van der Waals surface area contributed by atoms with E-state index in [1.54, 1.807) is 6.20 Å². The normalized spacial score (nSPS) is 18.5. The lowest BCUT2D eigenvalue weighted by molar-refractivity contribution is 0.325. The number of anilines is 1. The summed E-state index contributed by atoms with van der Waals surface area (Å²) >= 11 is 0. The van der Waals surface area contributed by atoms with Crippen molar-refractivity contribution in [3.63, 3.8) is 0 Å². The average Bonchev–Trinajstić information content (AvgIpc) is 3.07. The van der Waals surface area contributed by atoms with Gasteiger partial charge in [-0.3, -0.25) is 4.98 Å². The third-order valence-electron chi connectivity index (χ3n) is 5.11. The Bertz CT molecular complexity index is 690. The Kier molecular flexibility index (Phi) is 4.36. The monoisotopic (exact) mass is 327 g/mol. The van der Waals surface area contributed by atoms with Crippen LogP contribution in [0.4, 0.5) is 5.82 Å². The lowest BCUT2D eigenvalue weighted by atomic mass is 9.95. The smallest absolute Gasteiger partial charge is 0.234 e. The zero-order valence-electron chi connectivity index (χ0n) is 14.3. The van der Waals surface area contributed by atoms with Crippen molar-refractivity contribution in [2.24, 2.45) is 0 Å². The molecule has 6 heteroatoms. The van der Waals surface area contributed by atoms with Crippen molar-refractivity contribution in [2.75, 3.05) is 24.6 Å². The van der Waals surface area contributed by atoms with Crippen LogP contribution in [0.1, 0.15) is 50.0 Å². The maximum Gasteiger partial charge on any atom is 0.234 e. The van der Waals surface area contributed by atoms with Crippen LogP contribution in [-0.2, 0) is 13.0 Å². The van der Waals surface area contributed by atoms with Crippen molar-refractivity contribution in [1.82, 2.24) is 19.5 Å². The Balaban J connectivity index is 1.43. The van der Waals surface area contributed by atoms with E-state index in [2.05, 4.69) is 25.6 Å². The summed E-state index contributed by atoms with van der Waals surface area (Å²) in [7, 11) is 0. The van der Waals surface area contributed by atoms with Crippen LogP contribution in [0.5, 0.6) is 5.88 Å². The molecular weight excluding hydrogens is 302 g/mol. The maximum absolute atomic E-state index is 5.47. The largest absolute Gasteiger partial charge is 0.477 e. The molecule has 2 aromatic rings. The summed E-state index contributed by atoms with van der Waals surface area (Å²) in [5.74, 6) is 3.40. The standard InChI is InChI=1S/C18H25N5O/c1-2-24-17-13-19-12-16(21-17)22-9-6-14(7-10-22)18-20-11-15-5-3-4-8-23(15)18/h11-14H,2-10H2,1H3. The van der Waals surface area contributed by atoms with Gasteiger partial charge in [0.25, 0.3) is 0 Å². The van der Waals surface area contributed by atoms with Crippen LogP contribution >= 0.6 is 0 Å². The summed E-state index contributed by atoms with van der Waals surface area (Å²) in [6.45, 7) is 5.72. The van der Waals surface area contributed by atoms with E-state index in [0.29, 0.717) is 18.4 Å². The maximum atomic E-state index is 5.47. The molecular formula is C18H25N5O. The van der Waals surface area contributed by atoms with Gasteiger partial charge in [0.05, 0.1) is 19.0 Å². The number of nitrogens with zero attached hydrogens (tertiary/aromatic N) is 5. The molecule has 2 aromatic heterocycles. The SMILES string of the molecule is CCOc1cncc(N2CCC(c3ncc4n3CCCC4)CC2)n1. The molecule has 0 unspecified atom stereocenters. The Hall–Kier alpha value is -2.11. The number of ether oxygens (including phenoxy) is 1. The summed E-state index contributed by atoms with van der Waals surface area (Å²) < 4.78 is 7.94. The zero-order chi connectivity index (χ0) is 16.4. The first kappa shape index (κ1) is 15.4. The van der Waals surface area contributed by atoms with Crippen LogP contribution < -0.4 is 9.64 Å². The molecule has 0 spiro atoms. The van der Waals surface area contributed by atoms with Gasteiger partial charge in [-0.15, -0.1) is 0 Å². The van der Waals surface area contributed by atoms with Gasteiger partial charge in [-0.1, -0.05) is 0 Å². The molecule has 4 heterocycles. The predicted molar refractivity (Wildman–Crippen MR) is 92.6 cm³/mol. The molecule has 2 aliphatic heterocycles. The van der Waals surface area contributed by atoms with Crippen molar-refractivity contribution in [3.05, 3.63) is 30.1 Å². The van der Waals surface area contributed by atoms with Crippen molar-refractivity contribution >= 4 is 5.82 Å². The van der Waals surface area contributed by atoms with Crippen molar-refractivity contribution in [1.29, 1.82) is 0 Å². The zero-order valence-corrected chi connectivity index (χ0v) is 14.3. The molecule has 0 radical (unpaired) electrons. The van der Waals surface area contributed by atoms with E-state index in [9.17, 15) is 0 Å². The van der Waals surface area contributed by atoms with Gasteiger partial charge in [0.15, 0.2) is 5.82 Å². The lowest BCUT2D eigenvalue weighted by Crippen LogP contribution is -2.34. The Labute approximate surface area is 142 Å². The van der Waals surface area contributed by atoms with Gasteiger partial charge < -0.3 is 14.2 Å². The van der Waals surface area contributed by atoms with Gasteiger partial charge in [-0.25, -0.2) is 4.98 Å². The van der Waals surface area contributed by atoms with E-state index in [1.165, 1.54) is 30.8 Å². The van der Waals surface area contributed by atoms with Gasteiger partial charge in [0.1, 0.15) is 5.82 Å². The Morgan fingerprint density at radius 2 is 2.00 bits per heavy atom. The lowest BCUT2D eigenvalue weighted by Gasteiger charge is -2.33. The Morgan fingerprint density at radius 1 is 1.12 bits per heavy atom. The van der Waals surface area contributed by atoms with E-state index in [-0.39, 0.29) is 0 Å². The summed E-state index contributed by atoms with van der Waals surface area (Å²) in [5.41, 5.74) is 1.42. The average molecular weight is 327 g/mol. The molecule has 0 saturated carbocycles. The molecule has 0 N–H and O–H groups in total. The topological polar surface area (TPSA) is 56.1 Å². The third-order valence-corrected chi connectivity index (χ3v) is 5.11. The van der Waals surface area contributed by atoms with E-state index < -0.39 is 0 Å². The highest BCUT2D eigenvalue weighted by molar-refractivity contribution is 5.38. The molecule has 0 bridgehead atoms. The minimum Gasteiger partial charge on any atom is -0.477 e. The minimum absolute atomic E-state index is 0.566. The van der Waals surface area contributed by atoms with Crippen LogP contribution in [0.3, 0.4) is 0 Å². The van der Waals surface area contributed by atoms with Crippen molar-refractivity contribution in [2.45, 2.75) is 51.5 Å². The molecule has 1 saturated heterocycles. The van der Waals surface area contributed by atoms with E-state index in [4.69, 9.17) is 9.72 Å². The first-order valence-electron chi connectivity index (χ1n) is 9.09. The molecule has 0 atom stereocenters. The molecule has 1 fully saturated rings. The number of rotatable bonds is 4. The second-order valence-corrected chi connectivity index (χ2v) is 6.63. The number of imidazole rings is 1. The van der Waals surface area contributed by atoms with Gasteiger partial charge in [-0.2, -0.15) is 4.98 Å². The van der Waals surface area contributed by atoms with Gasteiger partial charge in [0, 0.05) is 37.4 Å². The fraction of sp³-hybridized carbons (Fsp3) is 0.611. The quantitative estimate of drug-likeness (QED) is 0.864. The third kappa shape index (κ3) is 2.97. The molecule has 0 aliphatic carbocycles. The van der Waals surface area contributed by atoms with E-state index in [1.807, 2.05) is 13.1 Å². The van der Waals surface area contributed by atoms with Gasteiger partial charge in [-0.05, 0) is 39.0 Å². The highest BCUT2D eigenvalue weighted by atomic mass is 16.5. The van der Waals surface area contributed by atoms with Crippen LogP contribution in [0.15, 0.2) is 18.6 Å². The number of piperidine rings is 1. The molecule has 2 aliphatic rings. The fourth-order valence-corrected chi connectivity index (χ4v) is 3.86. The number of hydrogen-bond donors (Lipinski definition) is 0. The molecule has 4 rings (SSSR count). The van der Waals surface area contributed by atoms with Crippen LogP contribution in [0.2, 0.25) is 0 Å². The van der Waals surface area contributed by atoms with Crippen LogP contribution in [0, 0.1) is 0 Å². The van der Waals surface area contributed by atoms with Crippen molar-refractivity contribution < 1.29 is 4.74 Å². The van der Waals surface area contributed by atoms with Gasteiger partial charge >= 0.3 is 0 Å². The predicted octanol–water partition coefficient (Wildman–Crippen LogP) is 2.79. The minimum atomic E-state index is 0.566. The second-order valence-electron chi connectivity index (χ2n) is 6.63. The number of hydrogen-bond acceptors (Lipinski definition) is 5. The highest BCUT2D eigenvalue weighted by Gasteiger charge is 2.26. The molecule has 0 aromatic carbocycles. The number of aromatic nitrogens is 4. The van der Waals surface area contributed by atoms with Crippen molar-refractivity contribution in [3.8, 4) is 5.88 Å². The Morgan fingerprint density at radius 3 is 2.83 bits per heavy atom. The fourth-order valence-electron chi connectivity index (χ4n) is 3.86. The molecule has 6 nitrogen and oxygen atoms in total. The van der Waals surface area contributed by atoms with E-state index >= 15 is 0 Å². The molecule has 24 heavy (non-hydrogen) atoms. The van der Waals surface area contributed by atoms with Gasteiger partial charge in [0.2, 0.25) is 5.88 Å². The van der Waals surface area contributed by atoms with E-state index in [0.717, 1.165) is 38.3 Å². The molecule has 0 amide bonds. The highest BCUT2D eigenvalue weighted by Crippen LogP contribution is 2.31. The van der Waals surface area contributed by atoms with Crippen LogP contribution in [0.25, 0.3) is 0 Å². The number of aryl methyl sites for hydroxylation is 1. The molecule has 128 valence electrons. The second kappa shape index (κ2) is 6.79. The van der Waals surface area contributed by atoms with Crippen LogP contribution in [-0.4, -0.2) is 39.2 Å². The summed E-state index contributed by atoms with van der Waals surface area (Å²) in [6.07, 6.45) is 11.6. The summed E-state index contributed by atoms with van der Waals surface area (Å²) in [4.78, 5) is 15.9. The number of fused-ring (bicyclic) bond motifs is 1. The summed E-state index contributed by atoms with van der Waals surface area (Å²) in [5, 5.41) is 0. The summed E-state index contributed by atoms with van der Waals surface area (Å²) in [6, 6.07) is 0. The first-order chi connectivity index (χ1) is 11.8.